The summed E-state index contributed by atoms with van der Waals surface area (Å²) in [7, 11) is 0. The molecule has 8 nitrogen and oxygen atoms in total. The number of likely N-dealkylation sites (tertiary alicyclic amines) is 1. The van der Waals surface area contributed by atoms with Crippen LogP contribution in [0.2, 0.25) is 0 Å². The Kier molecular flexibility index (Phi) is 4.77. The highest BCUT2D eigenvalue weighted by Gasteiger charge is 2.46. The predicted octanol–water partition coefficient (Wildman–Crippen LogP) is 1.73. The minimum absolute atomic E-state index is 0.00183. The molecule has 1 atom stereocenters. The first-order valence-electron chi connectivity index (χ1n) is 7.49. The molecule has 1 aromatic heterocycles. The molecule has 0 radical (unpaired) electrons. The summed E-state index contributed by atoms with van der Waals surface area (Å²) < 4.78 is 33.0. The van der Waals surface area contributed by atoms with Gasteiger partial charge in [0.1, 0.15) is 0 Å². The van der Waals surface area contributed by atoms with Crippen molar-refractivity contribution in [2.45, 2.75) is 38.5 Å². The van der Waals surface area contributed by atoms with Gasteiger partial charge in [-0.2, -0.15) is 4.98 Å². The molecule has 2 rings (SSSR count). The van der Waals surface area contributed by atoms with Crippen molar-refractivity contribution in [1.82, 2.24) is 20.4 Å². The molecule has 1 aliphatic heterocycles. The first kappa shape index (κ1) is 18.1. The Bertz CT molecular complexity index is 627. The van der Waals surface area contributed by atoms with Gasteiger partial charge in [0.05, 0.1) is 6.54 Å². The predicted molar refractivity (Wildman–Crippen MR) is 78.0 cm³/mol. The highest BCUT2D eigenvalue weighted by molar-refractivity contribution is 5.90. The van der Waals surface area contributed by atoms with Crippen LogP contribution in [0.5, 0.6) is 0 Å². The van der Waals surface area contributed by atoms with Gasteiger partial charge in [-0.25, -0.2) is 13.6 Å². The van der Waals surface area contributed by atoms with E-state index in [0.29, 0.717) is 4.90 Å². The Morgan fingerprint density at radius 1 is 1.46 bits per heavy atom. The number of alkyl halides is 2. The number of piperidine rings is 1. The van der Waals surface area contributed by atoms with Gasteiger partial charge in [-0.1, -0.05) is 25.9 Å². The van der Waals surface area contributed by atoms with Crippen LogP contribution in [0.1, 0.15) is 43.7 Å². The van der Waals surface area contributed by atoms with E-state index in [1.54, 1.807) is 0 Å². The highest BCUT2D eigenvalue weighted by atomic mass is 19.3. The van der Waals surface area contributed by atoms with Crippen LogP contribution < -0.4 is 5.32 Å². The lowest BCUT2D eigenvalue weighted by Gasteiger charge is -2.36. The van der Waals surface area contributed by atoms with Crippen LogP contribution in [-0.2, 0) is 5.41 Å². The van der Waals surface area contributed by atoms with E-state index in [4.69, 9.17) is 9.63 Å². The van der Waals surface area contributed by atoms with E-state index in [1.165, 1.54) is 0 Å². The molecule has 1 aromatic rings. The van der Waals surface area contributed by atoms with Gasteiger partial charge in [0, 0.05) is 24.4 Å². The number of carboxylic acid groups (broad SMARTS) is 1. The molecule has 2 amide bonds. The second kappa shape index (κ2) is 6.33. The third kappa shape index (κ3) is 3.98. The van der Waals surface area contributed by atoms with Crippen LogP contribution in [0.15, 0.2) is 4.52 Å². The summed E-state index contributed by atoms with van der Waals surface area (Å²) in [5.74, 6) is -5.01. The quantitative estimate of drug-likeness (QED) is 0.863. The van der Waals surface area contributed by atoms with Crippen LogP contribution in [-0.4, -0.2) is 57.7 Å². The Hall–Kier alpha value is -2.26. The fourth-order valence-electron chi connectivity index (χ4n) is 2.32. The van der Waals surface area contributed by atoms with E-state index >= 15 is 0 Å². The number of nitrogens with zero attached hydrogens (tertiary/aromatic N) is 3. The van der Waals surface area contributed by atoms with Gasteiger partial charge in [0.15, 0.2) is 0 Å². The van der Waals surface area contributed by atoms with E-state index in [9.17, 15) is 18.4 Å². The molecule has 10 heteroatoms. The van der Waals surface area contributed by atoms with Crippen molar-refractivity contribution in [2.24, 2.45) is 5.92 Å². The summed E-state index contributed by atoms with van der Waals surface area (Å²) in [6.45, 7) is 4.33. The Balaban J connectivity index is 1.94. The van der Waals surface area contributed by atoms with Crippen molar-refractivity contribution in [3.05, 3.63) is 11.7 Å². The topological polar surface area (TPSA) is 109 Å². The maximum Gasteiger partial charge on any atom is 0.407 e. The molecular formula is C14H20F2N4O4. The summed E-state index contributed by atoms with van der Waals surface area (Å²) in [6.07, 6.45) is -1.42. The van der Waals surface area contributed by atoms with Crippen LogP contribution in [0.4, 0.5) is 13.6 Å². The number of hydrogen-bond acceptors (Lipinski definition) is 5. The van der Waals surface area contributed by atoms with Crippen molar-refractivity contribution in [2.75, 3.05) is 19.6 Å². The molecule has 1 saturated heterocycles. The second-order valence-electron chi connectivity index (χ2n) is 6.83. The highest BCUT2D eigenvalue weighted by Crippen LogP contribution is 2.32. The first-order valence-corrected chi connectivity index (χ1v) is 7.49. The number of hydrogen-bond donors (Lipinski definition) is 2. The average Bonchev–Trinajstić information content (AvgIpc) is 2.94. The van der Waals surface area contributed by atoms with Crippen molar-refractivity contribution in [3.63, 3.8) is 0 Å². The van der Waals surface area contributed by atoms with Gasteiger partial charge in [-0.3, -0.25) is 4.79 Å². The van der Waals surface area contributed by atoms with Crippen molar-refractivity contribution >= 4 is 12.0 Å². The molecule has 134 valence electrons. The molecule has 0 aromatic carbocycles. The minimum Gasteiger partial charge on any atom is -0.465 e. The Labute approximate surface area is 137 Å². The summed E-state index contributed by atoms with van der Waals surface area (Å²) >= 11 is 0. The largest absolute Gasteiger partial charge is 0.465 e. The molecule has 0 bridgehead atoms. The van der Waals surface area contributed by atoms with Crippen LogP contribution in [0.25, 0.3) is 0 Å². The average molecular weight is 346 g/mol. The molecule has 2 heterocycles. The number of rotatable bonds is 3. The Morgan fingerprint density at radius 2 is 2.12 bits per heavy atom. The zero-order chi connectivity index (χ0) is 18.1. The monoisotopic (exact) mass is 346 g/mol. The molecule has 0 aliphatic carbocycles. The van der Waals surface area contributed by atoms with Gasteiger partial charge in [-0.15, -0.1) is 0 Å². The molecule has 0 spiro atoms. The lowest BCUT2D eigenvalue weighted by atomic mass is 9.93. The zero-order valence-corrected chi connectivity index (χ0v) is 13.7. The molecule has 0 saturated carbocycles. The van der Waals surface area contributed by atoms with Crippen molar-refractivity contribution in [1.29, 1.82) is 0 Å². The second-order valence-corrected chi connectivity index (χ2v) is 6.83. The lowest BCUT2D eigenvalue weighted by molar-refractivity contribution is -0.102. The summed E-state index contributed by atoms with van der Waals surface area (Å²) in [4.78, 5) is 27.4. The van der Waals surface area contributed by atoms with E-state index in [-0.39, 0.29) is 31.2 Å². The molecule has 24 heavy (non-hydrogen) atoms. The van der Waals surface area contributed by atoms with Crippen LogP contribution in [0, 0.1) is 5.92 Å². The Morgan fingerprint density at radius 3 is 2.62 bits per heavy atom. The van der Waals surface area contributed by atoms with Gasteiger partial charge in [0.25, 0.3) is 17.7 Å². The van der Waals surface area contributed by atoms with Crippen molar-refractivity contribution < 1.29 is 28.0 Å². The third-order valence-corrected chi connectivity index (χ3v) is 3.80. The molecule has 1 aliphatic rings. The molecular weight excluding hydrogens is 326 g/mol. The number of nitrogens with one attached hydrogen (secondary N) is 1. The van der Waals surface area contributed by atoms with Gasteiger partial charge >= 0.3 is 6.09 Å². The molecule has 1 unspecified atom stereocenters. The summed E-state index contributed by atoms with van der Waals surface area (Å²) in [6, 6.07) is 0. The van der Waals surface area contributed by atoms with Crippen molar-refractivity contribution in [3.8, 4) is 0 Å². The SMILES string of the molecule is CC(C)(C)c1nc(C(=O)NCC2CCN(C(=O)O)CC2(F)F)no1. The standard InChI is InChI=1S/C14H20F2N4O4/c1-13(2,3)11-18-9(19-24-11)10(21)17-6-8-4-5-20(12(22)23)7-14(8,15)16/h8H,4-7H2,1-3H3,(H,17,21)(H,22,23). The number of halogens is 2. The maximum absolute atomic E-state index is 14.0. The fraction of sp³-hybridized carbons (Fsp3) is 0.714. The van der Waals surface area contributed by atoms with Gasteiger partial charge in [-0.05, 0) is 6.42 Å². The lowest BCUT2D eigenvalue weighted by Crippen LogP contribution is -2.53. The summed E-state index contributed by atoms with van der Waals surface area (Å²) in [5.41, 5.74) is -0.428. The maximum atomic E-state index is 14.0. The minimum atomic E-state index is -3.21. The fourth-order valence-corrected chi connectivity index (χ4v) is 2.32. The first-order chi connectivity index (χ1) is 11.0. The zero-order valence-electron chi connectivity index (χ0n) is 13.7. The molecule has 1 fully saturated rings. The van der Waals surface area contributed by atoms with Gasteiger partial charge in [0.2, 0.25) is 5.89 Å². The smallest absolute Gasteiger partial charge is 0.407 e. The third-order valence-electron chi connectivity index (χ3n) is 3.80. The normalized spacial score (nSPS) is 20.7. The van der Waals surface area contributed by atoms with E-state index in [1.807, 2.05) is 20.8 Å². The number of carbonyl (C=O) groups is 2. The number of amides is 2. The van der Waals surface area contributed by atoms with E-state index in [2.05, 4.69) is 15.5 Å². The number of carbonyl (C=O) groups excluding carboxylic acids is 1. The number of aromatic nitrogens is 2. The van der Waals surface area contributed by atoms with Crippen LogP contribution >= 0.6 is 0 Å². The van der Waals surface area contributed by atoms with E-state index in [0.717, 1.165) is 0 Å². The van der Waals surface area contributed by atoms with Gasteiger partial charge < -0.3 is 19.8 Å². The van der Waals surface area contributed by atoms with E-state index < -0.39 is 35.8 Å². The summed E-state index contributed by atoms with van der Waals surface area (Å²) in [5, 5.41) is 14.7. The molecule has 2 N–H and O–H groups in total. The van der Waals surface area contributed by atoms with Crippen LogP contribution in [0.3, 0.4) is 0 Å².